The number of ether oxygens (including phenoxy) is 1. The maximum absolute atomic E-state index is 11.8. The molecule has 0 aliphatic heterocycles. The van der Waals surface area contributed by atoms with Crippen LogP contribution in [0, 0.1) is 0 Å². The number of halogens is 1. The molecule has 0 spiro atoms. The smallest absolute Gasteiger partial charge is 0.409 e. The van der Waals surface area contributed by atoms with E-state index in [2.05, 4.69) is 26.4 Å². The molecule has 0 bridgehead atoms. The highest BCUT2D eigenvalue weighted by Gasteiger charge is 2.11. The molecule has 6 nitrogen and oxygen atoms in total. The van der Waals surface area contributed by atoms with Crippen molar-refractivity contribution < 1.29 is 14.3 Å². The summed E-state index contributed by atoms with van der Waals surface area (Å²) in [6.45, 7) is 2.64. The average molecular weight is 405 g/mol. The monoisotopic (exact) mass is 405 g/mol. The van der Waals surface area contributed by atoms with E-state index in [-0.39, 0.29) is 12.5 Å². The van der Waals surface area contributed by atoms with E-state index < -0.39 is 6.09 Å². The van der Waals surface area contributed by atoms with Gasteiger partial charge in [0.25, 0.3) is 0 Å². The van der Waals surface area contributed by atoms with Gasteiger partial charge in [-0.05, 0) is 17.7 Å². The van der Waals surface area contributed by atoms with Crippen LogP contribution in [0.5, 0.6) is 0 Å². The Morgan fingerprint density at radius 1 is 1.14 bits per heavy atom. The summed E-state index contributed by atoms with van der Waals surface area (Å²) in [4.78, 5) is 25.9. The number of hydrogen-bond acceptors (Lipinski definition) is 4. The first-order valence-electron chi connectivity index (χ1n) is 6.49. The molecule has 1 aromatic carbocycles. The van der Waals surface area contributed by atoms with Crippen LogP contribution in [0.2, 0.25) is 0 Å². The summed E-state index contributed by atoms with van der Waals surface area (Å²) in [5.41, 5.74) is 1.92. The number of rotatable bonds is 6. The van der Waals surface area contributed by atoms with Gasteiger partial charge in [0.05, 0.1) is 22.9 Å². The van der Waals surface area contributed by atoms with Crippen LogP contribution in [0.15, 0.2) is 24.3 Å². The summed E-state index contributed by atoms with van der Waals surface area (Å²) in [5.74, 6) is -0.0271. The van der Waals surface area contributed by atoms with Gasteiger partial charge in [-0.2, -0.15) is 0 Å². The minimum absolute atomic E-state index is 0.0271. The molecule has 0 radical (unpaired) electrons. The van der Waals surface area contributed by atoms with E-state index in [1.54, 1.807) is 19.0 Å². The molecule has 0 aliphatic carbocycles. The second kappa shape index (κ2) is 8.71. The van der Waals surface area contributed by atoms with E-state index in [0.29, 0.717) is 13.1 Å². The number of anilines is 1. The molecular weight excluding hydrogens is 385 g/mol. The predicted octanol–water partition coefficient (Wildman–Crippen LogP) is 2.50. The quantitative estimate of drug-likeness (QED) is 0.584. The lowest BCUT2D eigenvalue weighted by Gasteiger charge is -2.21. The fourth-order valence-electron chi connectivity index (χ4n) is 1.47. The van der Waals surface area contributed by atoms with Crippen molar-refractivity contribution in [2.75, 3.05) is 30.7 Å². The first-order chi connectivity index (χ1) is 9.93. The number of amides is 2. The van der Waals surface area contributed by atoms with E-state index in [1.807, 2.05) is 24.3 Å². The summed E-state index contributed by atoms with van der Waals surface area (Å²) in [5, 5.41) is 0. The van der Waals surface area contributed by atoms with Crippen molar-refractivity contribution >= 4 is 40.6 Å². The lowest BCUT2D eigenvalue weighted by molar-refractivity contribution is -0.127. The number of carbonyl (C=O) groups excluding carboxylic acids is 2. The van der Waals surface area contributed by atoms with Gasteiger partial charge in [0.15, 0.2) is 0 Å². The Labute approximate surface area is 138 Å². The third kappa shape index (κ3) is 6.19. The highest BCUT2D eigenvalue weighted by molar-refractivity contribution is 14.1. The minimum Gasteiger partial charge on any atom is -0.445 e. The van der Waals surface area contributed by atoms with Gasteiger partial charge in [-0.1, -0.05) is 12.1 Å². The van der Waals surface area contributed by atoms with Crippen LogP contribution in [0.1, 0.15) is 12.5 Å². The van der Waals surface area contributed by atoms with Crippen LogP contribution in [0.25, 0.3) is 0 Å². The maximum Gasteiger partial charge on any atom is 0.409 e. The largest absolute Gasteiger partial charge is 0.445 e. The first-order valence-corrected chi connectivity index (χ1v) is 7.57. The molecule has 0 heterocycles. The number of benzene rings is 1. The molecule has 21 heavy (non-hydrogen) atoms. The van der Waals surface area contributed by atoms with Crippen LogP contribution >= 0.6 is 22.9 Å². The van der Waals surface area contributed by atoms with Crippen LogP contribution in [-0.4, -0.2) is 49.0 Å². The fraction of sp³-hybridized carbons (Fsp3) is 0.429. The molecule has 0 saturated carbocycles. The molecule has 2 amide bonds. The summed E-state index contributed by atoms with van der Waals surface area (Å²) in [6.07, 6.45) is -0.400. The molecule has 7 heteroatoms. The summed E-state index contributed by atoms with van der Waals surface area (Å²) < 4.78 is 8.21. The van der Waals surface area contributed by atoms with Gasteiger partial charge in [0.1, 0.15) is 6.61 Å². The van der Waals surface area contributed by atoms with E-state index in [4.69, 9.17) is 4.74 Å². The summed E-state index contributed by atoms with van der Waals surface area (Å²) in [7, 11) is 3.35. The molecule has 116 valence electrons. The number of nitrogens with one attached hydrogen (secondary N) is 1. The molecular formula is C14H20IN3O3. The molecule has 1 rings (SSSR count). The Balaban J connectivity index is 2.36. The van der Waals surface area contributed by atoms with Crippen LogP contribution in [0.3, 0.4) is 0 Å². The van der Waals surface area contributed by atoms with Gasteiger partial charge < -0.3 is 18.1 Å². The molecule has 0 unspecified atom stereocenters. The Hall–Kier alpha value is -1.51. The van der Waals surface area contributed by atoms with Gasteiger partial charge in [-0.25, -0.2) is 4.79 Å². The molecule has 0 saturated heterocycles. The van der Waals surface area contributed by atoms with Gasteiger partial charge in [-0.3, -0.25) is 4.79 Å². The predicted molar refractivity (Wildman–Crippen MR) is 90.2 cm³/mol. The van der Waals surface area contributed by atoms with Gasteiger partial charge >= 0.3 is 6.09 Å². The highest BCUT2D eigenvalue weighted by atomic mass is 127. The third-order valence-electron chi connectivity index (χ3n) is 3.05. The molecule has 1 N–H and O–H groups in total. The fourth-order valence-corrected chi connectivity index (χ4v) is 1.83. The zero-order chi connectivity index (χ0) is 15.8. The van der Waals surface area contributed by atoms with E-state index in [0.717, 1.165) is 11.3 Å². The van der Waals surface area contributed by atoms with Crippen molar-refractivity contribution in [1.29, 1.82) is 0 Å². The van der Waals surface area contributed by atoms with Crippen molar-refractivity contribution in [3.63, 3.8) is 0 Å². The highest BCUT2D eigenvalue weighted by Crippen LogP contribution is 2.12. The Morgan fingerprint density at radius 2 is 1.71 bits per heavy atom. The van der Waals surface area contributed by atoms with E-state index >= 15 is 0 Å². The lowest BCUT2D eigenvalue weighted by atomic mass is 10.2. The van der Waals surface area contributed by atoms with Gasteiger partial charge in [0, 0.05) is 39.8 Å². The van der Waals surface area contributed by atoms with Crippen molar-refractivity contribution in [3.05, 3.63) is 29.8 Å². The van der Waals surface area contributed by atoms with Gasteiger partial charge in [0.2, 0.25) is 5.91 Å². The second-order valence-corrected chi connectivity index (χ2v) is 5.25. The molecule has 0 atom stereocenters. The van der Waals surface area contributed by atoms with Gasteiger partial charge in [-0.15, -0.1) is 0 Å². The Kier molecular flexibility index (Phi) is 7.27. The van der Waals surface area contributed by atoms with Crippen molar-refractivity contribution in [2.45, 2.75) is 13.5 Å². The zero-order valence-electron chi connectivity index (χ0n) is 12.4. The average Bonchev–Trinajstić information content (AvgIpc) is 2.50. The minimum atomic E-state index is -0.400. The molecule has 0 aliphatic rings. The molecule has 0 fully saturated rings. The second-order valence-electron chi connectivity index (χ2n) is 4.71. The van der Waals surface area contributed by atoms with Crippen LogP contribution in [0.4, 0.5) is 10.5 Å². The van der Waals surface area contributed by atoms with E-state index in [9.17, 15) is 9.59 Å². The SMILES string of the molecule is CC(=O)N(C)CCN(C)C(=O)OCc1ccc(NI)cc1. The topological polar surface area (TPSA) is 61.9 Å². The maximum atomic E-state index is 11.8. The zero-order valence-corrected chi connectivity index (χ0v) is 14.6. The number of likely N-dealkylation sites (N-methyl/N-ethyl adjacent to an activating group) is 2. The van der Waals surface area contributed by atoms with Crippen LogP contribution in [-0.2, 0) is 16.1 Å². The number of carbonyl (C=O) groups is 2. The van der Waals surface area contributed by atoms with Crippen LogP contribution < -0.4 is 3.53 Å². The van der Waals surface area contributed by atoms with Crippen molar-refractivity contribution in [1.82, 2.24) is 9.80 Å². The summed E-state index contributed by atoms with van der Waals surface area (Å²) in [6, 6.07) is 7.64. The third-order valence-corrected chi connectivity index (χ3v) is 3.67. The summed E-state index contributed by atoms with van der Waals surface area (Å²) >= 11 is 2.05. The lowest BCUT2D eigenvalue weighted by Crippen LogP contribution is -2.36. The van der Waals surface area contributed by atoms with Crippen molar-refractivity contribution in [2.24, 2.45) is 0 Å². The normalized spacial score (nSPS) is 9.90. The number of nitrogens with zero attached hydrogens (tertiary/aromatic N) is 2. The van der Waals surface area contributed by atoms with Crippen molar-refractivity contribution in [3.8, 4) is 0 Å². The number of hydrogen-bond donors (Lipinski definition) is 1. The molecule has 0 aromatic heterocycles. The standard InChI is InChI=1S/C14H20IN3O3/c1-11(19)17(2)8-9-18(3)14(20)21-10-12-4-6-13(16-15)7-5-12/h4-7,16H,8-10H2,1-3H3. The molecule has 1 aromatic rings. The first kappa shape index (κ1) is 17.5. The van der Waals surface area contributed by atoms with E-state index in [1.165, 1.54) is 11.8 Å². The Morgan fingerprint density at radius 3 is 2.24 bits per heavy atom. The Bertz CT molecular complexity index is 479.